The zero-order chi connectivity index (χ0) is 15.3. The minimum absolute atomic E-state index is 0.125. The molecule has 20 heavy (non-hydrogen) atoms. The Hall–Kier alpha value is -2.16. The Morgan fingerprint density at radius 2 is 1.85 bits per heavy atom. The van der Waals surface area contributed by atoms with E-state index in [0.29, 0.717) is 12.8 Å². The maximum absolute atomic E-state index is 11.9. The molecule has 1 aliphatic heterocycles. The molecule has 1 aliphatic rings. The van der Waals surface area contributed by atoms with Crippen molar-refractivity contribution in [1.82, 2.24) is 10.2 Å². The van der Waals surface area contributed by atoms with Crippen LogP contribution in [0.3, 0.4) is 0 Å². The minimum Gasteiger partial charge on any atom is -0.480 e. The third kappa shape index (κ3) is 3.67. The molecule has 9 nitrogen and oxygen atoms in total. The number of hydrogen-bond donors (Lipinski definition) is 4. The van der Waals surface area contributed by atoms with E-state index in [1.165, 1.54) is 0 Å². The quantitative estimate of drug-likeness (QED) is 0.438. The molecular formula is C11H16N2O7. The second kappa shape index (κ2) is 6.85. The largest absolute Gasteiger partial charge is 0.480 e. The summed E-state index contributed by atoms with van der Waals surface area (Å²) in [4.78, 5) is 46.1. The van der Waals surface area contributed by atoms with Crippen LogP contribution < -0.4 is 5.32 Å². The van der Waals surface area contributed by atoms with Crippen LogP contribution in [0.25, 0.3) is 0 Å². The van der Waals surface area contributed by atoms with Gasteiger partial charge in [-0.05, 0) is 19.3 Å². The Labute approximate surface area is 114 Å². The highest BCUT2D eigenvalue weighted by Crippen LogP contribution is 2.17. The molecule has 0 bridgehead atoms. The van der Waals surface area contributed by atoms with E-state index >= 15 is 0 Å². The Morgan fingerprint density at radius 1 is 1.20 bits per heavy atom. The van der Waals surface area contributed by atoms with Gasteiger partial charge in [0.1, 0.15) is 6.04 Å². The molecule has 1 rings (SSSR count). The van der Waals surface area contributed by atoms with Gasteiger partial charge in [0.25, 0.3) is 0 Å². The summed E-state index contributed by atoms with van der Waals surface area (Å²) in [5.74, 6) is -5.03. The highest BCUT2D eigenvalue weighted by atomic mass is 16.4. The fraction of sp³-hybridized carbons (Fsp3) is 0.636. The molecule has 2 amide bonds. The highest BCUT2D eigenvalue weighted by molar-refractivity contribution is 6.35. The van der Waals surface area contributed by atoms with E-state index in [2.05, 4.69) is 0 Å². The number of amides is 2. The Balaban J connectivity index is 2.74. The molecule has 0 saturated carbocycles. The van der Waals surface area contributed by atoms with E-state index in [9.17, 15) is 19.2 Å². The molecule has 0 aromatic heterocycles. The monoisotopic (exact) mass is 288 g/mol. The molecule has 9 heteroatoms. The Morgan fingerprint density at radius 3 is 2.35 bits per heavy atom. The second-order valence-corrected chi connectivity index (χ2v) is 4.40. The van der Waals surface area contributed by atoms with Crippen molar-refractivity contribution in [2.75, 3.05) is 13.2 Å². The average Bonchev–Trinajstić information content (AvgIpc) is 2.43. The summed E-state index contributed by atoms with van der Waals surface area (Å²) in [5, 5.41) is 28.3. The van der Waals surface area contributed by atoms with Gasteiger partial charge in [-0.2, -0.15) is 0 Å². The van der Waals surface area contributed by atoms with Gasteiger partial charge in [-0.3, -0.25) is 9.59 Å². The first-order valence-corrected chi connectivity index (χ1v) is 6.06. The van der Waals surface area contributed by atoms with Gasteiger partial charge in [0.2, 0.25) is 0 Å². The lowest BCUT2D eigenvalue weighted by Gasteiger charge is -2.32. The van der Waals surface area contributed by atoms with Crippen molar-refractivity contribution in [2.24, 2.45) is 0 Å². The predicted molar refractivity (Wildman–Crippen MR) is 63.6 cm³/mol. The molecule has 112 valence electrons. The SMILES string of the molecule is O=C(NC(CO)C(=O)O)C(=O)N1CCCC[C@@H]1C(=O)O. The lowest BCUT2D eigenvalue weighted by Crippen LogP contribution is -2.55. The fourth-order valence-corrected chi connectivity index (χ4v) is 1.97. The predicted octanol–water partition coefficient (Wildman–Crippen LogP) is -1.99. The van der Waals surface area contributed by atoms with Crippen molar-refractivity contribution < 1.29 is 34.5 Å². The minimum atomic E-state index is -1.60. The van der Waals surface area contributed by atoms with Gasteiger partial charge in [-0.25, -0.2) is 9.59 Å². The number of aliphatic hydroxyl groups is 1. The summed E-state index contributed by atoms with van der Waals surface area (Å²) in [7, 11) is 0. The third-order valence-corrected chi connectivity index (χ3v) is 3.03. The molecule has 0 aliphatic carbocycles. The maximum atomic E-state index is 11.9. The number of nitrogens with one attached hydrogen (secondary N) is 1. The molecule has 2 atom stereocenters. The molecule has 1 unspecified atom stereocenters. The lowest BCUT2D eigenvalue weighted by atomic mass is 10.0. The number of rotatable bonds is 4. The van der Waals surface area contributed by atoms with Gasteiger partial charge in [-0.1, -0.05) is 0 Å². The molecule has 0 spiro atoms. The van der Waals surface area contributed by atoms with Crippen LogP contribution in [-0.2, 0) is 19.2 Å². The van der Waals surface area contributed by atoms with Gasteiger partial charge < -0.3 is 25.5 Å². The van der Waals surface area contributed by atoms with E-state index in [-0.39, 0.29) is 13.0 Å². The molecule has 4 N–H and O–H groups in total. The first-order valence-electron chi connectivity index (χ1n) is 6.06. The van der Waals surface area contributed by atoms with Crippen LogP contribution in [0.4, 0.5) is 0 Å². The molecule has 0 aromatic carbocycles. The Kier molecular flexibility index (Phi) is 5.44. The van der Waals surface area contributed by atoms with E-state index in [4.69, 9.17) is 15.3 Å². The number of hydrogen-bond acceptors (Lipinski definition) is 5. The summed E-state index contributed by atoms with van der Waals surface area (Å²) in [6.07, 6.45) is 1.46. The van der Waals surface area contributed by atoms with Crippen LogP contribution in [0.1, 0.15) is 19.3 Å². The van der Waals surface area contributed by atoms with Crippen molar-refractivity contribution in [2.45, 2.75) is 31.3 Å². The lowest BCUT2D eigenvalue weighted by molar-refractivity contribution is -0.157. The molecular weight excluding hydrogens is 272 g/mol. The van der Waals surface area contributed by atoms with Crippen LogP contribution in [0.5, 0.6) is 0 Å². The first kappa shape index (κ1) is 15.9. The van der Waals surface area contributed by atoms with Crippen molar-refractivity contribution in [3.63, 3.8) is 0 Å². The smallest absolute Gasteiger partial charge is 0.328 e. The number of carbonyl (C=O) groups excluding carboxylic acids is 2. The Bertz CT molecular complexity index is 423. The molecule has 1 saturated heterocycles. The van der Waals surface area contributed by atoms with Gasteiger partial charge >= 0.3 is 23.8 Å². The van der Waals surface area contributed by atoms with Crippen molar-refractivity contribution in [1.29, 1.82) is 0 Å². The van der Waals surface area contributed by atoms with Gasteiger partial charge in [0.05, 0.1) is 6.61 Å². The van der Waals surface area contributed by atoms with Crippen LogP contribution in [0.2, 0.25) is 0 Å². The van der Waals surface area contributed by atoms with Gasteiger partial charge in [0.15, 0.2) is 6.04 Å². The molecule has 1 fully saturated rings. The summed E-state index contributed by atoms with van der Waals surface area (Å²) in [6, 6.07) is -2.68. The number of nitrogens with zero attached hydrogens (tertiary/aromatic N) is 1. The molecule has 1 heterocycles. The summed E-state index contributed by atoms with van der Waals surface area (Å²) >= 11 is 0. The van der Waals surface area contributed by atoms with E-state index in [0.717, 1.165) is 4.90 Å². The number of likely N-dealkylation sites (tertiary alicyclic amines) is 1. The van der Waals surface area contributed by atoms with E-state index in [1.54, 1.807) is 0 Å². The van der Waals surface area contributed by atoms with Crippen LogP contribution in [0.15, 0.2) is 0 Å². The van der Waals surface area contributed by atoms with Crippen LogP contribution in [0, 0.1) is 0 Å². The van der Waals surface area contributed by atoms with Crippen molar-refractivity contribution in [3.05, 3.63) is 0 Å². The number of aliphatic carboxylic acids is 2. The third-order valence-electron chi connectivity index (χ3n) is 3.03. The molecule has 0 radical (unpaired) electrons. The second-order valence-electron chi connectivity index (χ2n) is 4.40. The topological polar surface area (TPSA) is 144 Å². The summed E-state index contributed by atoms with van der Waals surface area (Å²) in [6.45, 7) is -0.739. The number of aliphatic hydroxyl groups excluding tert-OH is 1. The first-order chi connectivity index (χ1) is 9.38. The number of carboxylic acid groups (broad SMARTS) is 2. The highest BCUT2D eigenvalue weighted by Gasteiger charge is 2.36. The number of piperidine rings is 1. The standard InChI is InChI=1S/C11H16N2O7/c14-5-6(10(17)18)12-8(15)9(16)13-4-2-1-3-7(13)11(19)20/h6-7,14H,1-5H2,(H,12,15)(H,17,18)(H,19,20)/t6?,7-/m1/s1. The zero-order valence-electron chi connectivity index (χ0n) is 10.6. The zero-order valence-corrected chi connectivity index (χ0v) is 10.6. The van der Waals surface area contributed by atoms with Crippen molar-refractivity contribution in [3.8, 4) is 0 Å². The van der Waals surface area contributed by atoms with Gasteiger partial charge in [0, 0.05) is 6.54 Å². The molecule has 0 aromatic rings. The summed E-state index contributed by atoms with van der Waals surface area (Å²) in [5.41, 5.74) is 0. The maximum Gasteiger partial charge on any atom is 0.328 e. The van der Waals surface area contributed by atoms with Gasteiger partial charge in [-0.15, -0.1) is 0 Å². The number of carbonyl (C=O) groups is 4. The van der Waals surface area contributed by atoms with E-state index < -0.39 is 42.4 Å². The van der Waals surface area contributed by atoms with Crippen molar-refractivity contribution >= 4 is 23.8 Å². The van der Waals surface area contributed by atoms with E-state index in [1.807, 2.05) is 5.32 Å². The normalized spacial score (nSPS) is 20.1. The van der Waals surface area contributed by atoms with Crippen LogP contribution in [-0.4, -0.2) is 69.2 Å². The number of carboxylic acids is 2. The fourth-order valence-electron chi connectivity index (χ4n) is 1.97. The average molecular weight is 288 g/mol. The summed E-state index contributed by atoms with van der Waals surface area (Å²) < 4.78 is 0. The van der Waals surface area contributed by atoms with Crippen LogP contribution >= 0.6 is 0 Å².